The molecule has 2 N–H and O–H groups in total. The van der Waals surface area contributed by atoms with Crippen LogP contribution < -0.4 is 5.73 Å². The molecule has 1 heterocycles. The second-order valence-electron chi connectivity index (χ2n) is 4.95. The van der Waals surface area contributed by atoms with E-state index in [9.17, 15) is 0 Å². The lowest BCUT2D eigenvalue weighted by Crippen LogP contribution is -2.22. The zero-order valence-electron chi connectivity index (χ0n) is 11.7. The Labute approximate surface area is 122 Å². The number of anilines is 1. The predicted molar refractivity (Wildman–Crippen MR) is 78.4 cm³/mol. The molecule has 0 bridgehead atoms. The third kappa shape index (κ3) is 2.91. The van der Waals surface area contributed by atoms with Gasteiger partial charge in [-0.25, -0.2) is 4.68 Å². The highest BCUT2D eigenvalue weighted by atomic mass is 35.5. The van der Waals surface area contributed by atoms with Crippen LogP contribution in [0.15, 0.2) is 18.2 Å². The van der Waals surface area contributed by atoms with Crippen LogP contribution in [0.25, 0.3) is 11.4 Å². The second kappa shape index (κ2) is 6.19. The van der Waals surface area contributed by atoms with Gasteiger partial charge in [-0.05, 0) is 34.5 Å². The summed E-state index contributed by atoms with van der Waals surface area (Å²) in [4.78, 5) is 0. The van der Waals surface area contributed by atoms with Crippen molar-refractivity contribution in [3.63, 3.8) is 0 Å². The SMILES string of the molecule is COCC(C(C)C)n1nnnc1-c1ccc(Cl)c(N)c1. The zero-order valence-corrected chi connectivity index (χ0v) is 12.5. The summed E-state index contributed by atoms with van der Waals surface area (Å²) in [6, 6.07) is 5.42. The lowest BCUT2D eigenvalue weighted by atomic mass is 10.0. The van der Waals surface area contributed by atoms with Crippen molar-refractivity contribution in [1.29, 1.82) is 0 Å². The first-order valence-electron chi connectivity index (χ1n) is 6.36. The van der Waals surface area contributed by atoms with Crippen molar-refractivity contribution in [2.45, 2.75) is 19.9 Å². The summed E-state index contributed by atoms with van der Waals surface area (Å²) >= 11 is 5.94. The Balaban J connectivity index is 2.43. The van der Waals surface area contributed by atoms with Crippen molar-refractivity contribution in [2.24, 2.45) is 5.92 Å². The van der Waals surface area contributed by atoms with E-state index in [0.29, 0.717) is 29.1 Å². The number of benzene rings is 1. The molecule has 0 aliphatic heterocycles. The van der Waals surface area contributed by atoms with Gasteiger partial charge in [-0.2, -0.15) is 0 Å². The van der Waals surface area contributed by atoms with Crippen LogP contribution in [0.1, 0.15) is 19.9 Å². The second-order valence-corrected chi connectivity index (χ2v) is 5.36. The zero-order chi connectivity index (χ0) is 14.7. The van der Waals surface area contributed by atoms with Gasteiger partial charge in [0.25, 0.3) is 0 Å². The third-order valence-corrected chi connectivity index (χ3v) is 3.51. The summed E-state index contributed by atoms with van der Waals surface area (Å²) in [5.74, 6) is 0.992. The van der Waals surface area contributed by atoms with Crippen molar-refractivity contribution < 1.29 is 4.74 Å². The van der Waals surface area contributed by atoms with Gasteiger partial charge in [-0.1, -0.05) is 25.4 Å². The highest BCUT2D eigenvalue weighted by molar-refractivity contribution is 6.33. The van der Waals surface area contributed by atoms with Gasteiger partial charge >= 0.3 is 0 Å². The smallest absolute Gasteiger partial charge is 0.182 e. The van der Waals surface area contributed by atoms with Crippen LogP contribution in [-0.2, 0) is 4.74 Å². The number of tetrazole rings is 1. The van der Waals surface area contributed by atoms with Gasteiger partial charge in [-0.15, -0.1) is 5.10 Å². The molecule has 0 saturated heterocycles. The van der Waals surface area contributed by atoms with Crippen molar-refractivity contribution in [2.75, 3.05) is 19.5 Å². The van der Waals surface area contributed by atoms with Crippen molar-refractivity contribution in [1.82, 2.24) is 20.2 Å². The number of aromatic nitrogens is 4. The van der Waals surface area contributed by atoms with E-state index >= 15 is 0 Å². The molecule has 6 nitrogen and oxygen atoms in total. The first-order chi connectivity index (χ1) is 9.54. The molecular weight excluding hydrogens is 278 g/mol. The largest absolute Gasteiger partial charge is 0.398 e. The first kappa shape index (κ1) is 14.7. The maximum atomic E-state index is 5.94. The number of hydrogen-bond donors (Lipinski definition) is 1. The van der Waals surface area contributed by atoms with E-state index in [-0.39, 0.29) is 6.04 Å². The predicted octanol–water partition coefficient (Wildman–Crippen LogP) is 2.42. The first-order valence-corrected chi connectivity index (χ1v) is 6.74. The highest BCUT2D eigenvalue weighted by Crippen LogP contribution is 2.28. The highest BCUT2D eigenvalue weighted by Gasteiger charge is 2.21. The topological polar surface area (TPSA) is 78.8 Å². The maximum absolute atomic E-state index is 5.94. The molecule has 0 amide bonds. The van der Waals surface area contributed by atoms with Gasteiger partial charge in [-0.3, -0.25) is 0 Å². The van der Waals surface area contributed by atoms with Gasteiger partial charge < -0.3 is 10.5 Å². The molecule has 0 spiro atoms. The van der Waals surface area contributed by atoms with Crippen molar-refractivity contribution >= 4 is 17.3 Å². The van der Waals surface area contributed by atoms with Crippen LogP contribution in [0.2, 0.25) is 5.02 Å². The summed E-state index contributed by atoms with van der Waals surface area (Å²) < 4.78 is 7.04. The molecular formula is C13H18ClN5O. The lowest BCUT2D eigenvalue weighted by molar-refractivity contribution is 0.126. The van der Waals surface area contributed by atoms with E-state index in [1.54, 1.807) is 23.9 Å². The Morgan fingerprint density at radius 1 is 1.40 bits per heavy atom. The molecule has 1 atom stereocenters. The number of rotatable bonds is 5. The minimum absolute atomic E-state index is 0.0573. The van der Waals surface area contributed by atoms with Gasteiger partial charge in [0.1, 0.15) is 0 Å². The quantitative estimate of drug-likeness (QED) is 0.857. The lowest BCUT2D eigenvalue weighted by Gasteiger charge is -2.21. The van der Waals surface area contributed by atoms with E-state index in [4.69, 9.17) is 22.1 Å². The maximum Gasteiger partial charge on any atom is 0.182 e. The number of nitrogens with zero attached hydrogens (tertiary/aromatic N) is 4. The van der Waals surface area contributed by atoms with E-state index < -0.39 is 0 Å². The molecule has 0 aliphatic rings. The number of nitrogens with two attached hydrogens (primary N) is 1. The van der Waals surface area contributed by atoms with E-state index in [0.717, 1.165) is 5.56 Å². The Kier molecular flexibility index (Phi) is 4.57. The Bertz CT molecular complexity index is 584. The van der Waals surface area contributed by atoms with E-state index in [2.05, 4.69) is 29.4 Å². The van der Waals surface area contributed by atoms with E-state index in [1.807, 2.05) is 6.07 Å². The molecule has 1 aromatic carbocycles. The van der Waals surface area contributed by atoms with Crippen LogP contribution in [-0.4, -0.2) is 33.9 Å². The molecule has 20 heavy (non-hydrogen) atoms. The number of hydrogen-bond acceptors (Lipinski definition) is 5. The molecule has 1 aromatic heterocycles. The van der Waals surface area contributed by atoms with Crippen LogP contribution in [0, 0.1) is 5.92 Å². The van der Waals surface area contributed by atoms with Gasteiger partial charge in [0.05, 0.1) is 23.4 Å². The van der Waals surface area contributed by atoms with Crippen molar-refractivity contribution in [3.8, 4) is 11.4 Å². The summed E-state index contributed by atoms with van der Waals surface area (Å²) in [6.45, 7) is 4.75. The minimum atomic E-state index is 0.0573. The van der Waals surface area contributed by atoms with Crippen LogP contribution in [0.3, 0.4) is 0 Å². The Hall–Kier alpha value is -1.66. The van der Waals surface area contributed by atoms with Crippen LogP contribution >= 0.6 is 11.6 Å². The van der Waals surface area contributed by atoms with Crippen LogP contribution in [0.4, 0.5) is 5.69 Å². The fraction of sp³-hybridized carbons (Fsp3) is 0.462. The van der Waals surface area contributed by atoms with Gasteiger partial charge in [0, 0.05) is 12.7 Å². The molecule has 2 rings (SSSR count). The molecule has 1 unspecified atom stereocenters. The fourth-order valence-electron chi connectivity index (χ4n) is 2.01. The summed E-state index contributed by atoms with van der Waals surface area (Å²) in [7, 11) is 1.67. The summed E-state index contributed by atoms with van der Waals surface area (Å²) in [5, 5.41) is 12.5. The molecule has 7 heteroatoms. The molecule has 0 radical (unpaired) electrons. The Morgan fingerprint density at radius 3 is 2.75 bits per heavy atom. The normalized spacial score (nSPS) is 12.8. The summed E-state index contributed by atoms with van der Waals surface area (Å²) in [6.07, 6.45) is 0. The fourth-order valence-corrected chi connectivity index (χ4v) is 2.12. The molecule has 0 saturated carbocycles. The molecule has 2 aromatic rings. The minimum Gasteiger partial charge on any atom is -0.398 e. The number of halogens is 1. The number of nitrogen functional groups attached to an aromatic ring is 1. The average Bonchev–Trinajstić information content (AvgIpc) is 2.87. The van der Waals surface area contributed by atoms with Gasteiger partial charge in [0.2, 0.25) is 0 Å². The van der Waals surface area contributed by atoms with Crippen LogP contribution in [0.5, 0.6) is 0 Å². The monoisotopic (exact) mass is 295 g/mol. The number of methoxy groups -OCH3 is 1. The molecule has 108 valence electrons. The third-order valence-electron chi connectivity index (χ3n) is 3.17. The summed E-state index contributed by atoms with van der Waals surface area (Å²) in [5.41, 5.74) is 7.18. The van der Waals surface area contributed by atoms with Gasteiger partial charge in [0.15, 0.2) is 5.82 Å². The number of ether oxygens (including phenoxy) is 1. The van der Waals surface area contributed by atoms with E-state index in [1.165, 1.54) is 0 Å². The van der Waals surface area contributed by atoms with Crippen molar-refractivity contribution in [3.05, 3.63) is 23.2 Å². The molecule has 0 aliphatic carbocycles. The molecule has 0 fully saturated rings. The standard InChI is InChI=1S/C13H18ClN5O/c1-8(2)12(7-20-3)19-13(16-17-18-19)9-4-5-10(14)11(15)6-9/h4-6,8,12H,7,15H2,1-3H3. The Morgan fingerprint density at radius 2 is 2.15 bits per heavy atom. The average molecular weight is 296 g/mol.